The van der Waals surface area contributed by atoms with Crippen molar-refractivity contribution in [3.63, 3.8) is 0 Å². The lowest BCUT2D eigenvalue weighted by Gasteiger charge is -2.10. The first-order valence-electron chi connectivity index (χ1n) is 11.1. The van der Waals surface area contributed by atoms with E-state index in [1.807, 2.05) is 24.5 Å². The van der Waals surface area contributed by atoms with Gasteiger partial charge < -0.3 is 0 Å². The van der Waals surface area contributed by atoms with Gasteiger partial charge in [0.1, 0.15) is 5.82 Å². The van der Waals surface area contributed by atoms with E-state index in [-0.39, 0.29) is 0 Å². The summed E-state index contributed by atoms with van der Waals surface area (Å²) in [5.74, 6) is 0.953. The molecule has 0 aliphatic carbocycles. The van der Waals surface area contributed by atoms with Crippen molar-refractivity contribution in [3.8, 4) is 17.1 Å². The van der Waals surface area contributed by atoms with Crippen molar-refractivity contribution in [1.29, 1.82) is 0 Å². The molecule has 0 amide bonds. The summed E-state index contributed by atoms with van der Waals surface area (Å²) in [6.45, 7) is 0. The molecule has 0 aliphatic rings. The second-order valence-electron chi connectivity index (χ2n) is 8.32. The predicted octanol–water partition coefficient (Wildman–Crippen LogP) is 7.55. The first kappa shape index (κ1) is 18.1. The molecule has 3 heteroatoms. The molecule has 154 valence electrons. The third-order valence-corrected chi connectivity index (χ3v) is 6.48. The van der Waals surface area contributed by atoms with Crippen molar-refractivity contribution >= 4 is 43.4 Å². The highest BCUT2D eigenvalue weighted by Crippen LogP contribution is 2.39. The molecular formula is C30H19N3. The zero-order chi connectivity index (χ0) is 21.8. The van der Waals surface area contributed by atoms with Crippen LogP contribution in [0.4, 0.5) is 0 Å². The SMILES string of the molecule is c1ccc(-c2ccc3c(c2)c2c4ccccc4ccc2n3-c2nccc3ccccc23)nc1. The number of pyridine rings is 2. The molecule has 4 aromatic carbocycles. The highest BCUT2D eigenvalue weighted by atomic mass is 15.1. The normalized spacial score (nSPS) is 11.6. The van der Waals surface area contributed by atoms with Crippen LogP contribution in [0.15, 0.2) is 116 Å². The van der Waals surface area contributed by atoms with Crippen LogP contribution in [0, 0.1) is 0 Å². The Morgan fingerprint density at radius 1 is 0.515 bits per heavy atom. The molecule has 0 N–H and O–H groups in total. The Morgan fingerprint density at radius 3 is 2.12 bits per heavy atom. The molecule has 0 unspecified atom stereocenters. The second-order valence-corrected chi connectivity index (χ2v) is 8.32. The average Bonchev–Trinajstić information content (AvgIpc) is 3.23. The predicted molar refractivity (Wildman–Crippen MR) is 137 cm³/mol. The maximum absolute atomic E-state index is 4.86. The average molecular weight is 422 g/mol. The van der Waals surface area contributed by atoms with Crippen molar-refractivity contribution in [2.24, 2.45) is 0 Å². The molecule has 0 fully saturated rings. The Morgan fingerprint density at radius 2 is 1.27 bits per heavy atom. The van der Waals surface area contributed by atoms with Crippen LogP contribution in [0.2, 0.25) is 0 Å². The van der Waals surface area contributed by atoms with E-state index in [2.05, 4.69) is 101 Å². The van der Waals surface area contributed by atoms with Gasteiger partial charge in [0.15, 0.2) is 0 Å². The first-order chi connectivity index (χ1) is 16.4. The summed E-state index contributed by atoms with van der Waals surface area (Å²) in [6.07, 6.45) is 3.75. The standard InChI is InChI=1S/C30H19N3/c1-3-9-23-20(7-1)12-15-28-29(23)25-19-22(26-11-5-6-17-31-26)13-14-27(25)33(28)30-24-10-4-2-8-21(24)16-18-32-30/h1-19H. The lowest BCUT2D eigenvalue weighted by Crippen LogP contribution is -1.98. The molecule has 7 rings (SSSR count). The monoisotopic (exact) mass is 421 g/mol. The van der Waals surface area contributed by atoms with Crippen LogP contribution in [0.3, 0.4) is 0 Å². The molecule has 0 saturated heterocycles. The highest BCUT2D eigenvalue weighted by Gasteiger charge is 2.17. The third-order valence-electron chi connectivity index (χ3n) is 6.48. The Kier molecular flexibility index (Phi) is 3.84. The van der Waals surface area contributed by atoms with E-state index in [0.29, 0.717) is 0 Å². The van der Waals surface area contributed by atoms with E-state index < -0.39 is 0 Å². The van der Waals surface area contributed by atoms with Gasteiger partial charge in [0, 0.05) is 34.1 Å². The summed E-state index contributed by atoms with van der Waals surface area (Å²) in [7, 11) is 0. The van der Waals surface area contributed by atoms with Crippen molar-refractivity contribution < 1.29 is 0 Å². The number of hydrogen-bond donors (Lipinski definition) is 0. The summed E-state index contributed by atoms with van der Waals surface area (Å²) in [4.78, 5) is 9.45. The smallest absolute Gasteiger partial charge is 0.145 e. The molecule has 0 atom stereocenters. The molecule has 0 aliphatic heterocycles. The molecular weight excluding hydrogens is 402 g/mol. The van der Waals surface area contributed by atoms with Crippen LogP contribution in [-0.4, -0.2) is 14.5 Å². The molecule has 0 saturated carbocycles. The maximum Gasteiger partial charge on any atom is 0.145 e. The van der Waals surface area contributed by atoms with E-state index in [1.165, 1.54) is 26.9 Å². The quantitative estimate of drug-likeness (QED) is 0.289. The van der Waals surface area contributed by atoms with Gasteiger partial charge in [0.2, 0.25) is 0 Å². The fourth-order valence-corrected chi connectivity index (χ4v) is 4.99. The lowest BCUT2D eigenvalue weighted by atomic mass is 10.0. The van der Waals surface area contributed by atoms with Gasteiger partial charge in [0.05, 0.1) is 16.7 Å². The zero-order valence-electron chi connectivity index (χ0n) is 17.8. The molecule has 7 aromatic rings. The van der Waals surface area contributed by atoms with Gasteiger partial charge in [-0.25, -0.2) is 4.98 Å². The van der Waals surface area contributed by atoms with Gasteiger partial charge in [-0.05, 0) is 52.6 Å². The third kappa shape index (κ3) is 2.69. The summed E-state index contributed by atoms with van der Waals surface area (Å²) in [5.41, 5.74) is 4.39. The Hall–Kier alpha value is -4.50. The Labute approximate surface area is 190 Å². The number of aromatic nitrogens is 3. The molecule has 0 bridgehead atoms. The van der Waals surface area contributed by atoms with Crippen LogP contribution in [0.5, 0.6) is 0 Å². The number of fused-ring (bicyclic) bond motifs is 6. The van der Waals surface area contributed by atoms with Crippen LogP contribution in [-0.2, 0) is 0 Å². The fourth-order valence-electron chi connectivity index (χ4n) is 4.99. The van der Waals surface area contributed by atoms with Gasteiger partial charge >= 0.3 is 0 Å². The van der Waals surface area contributed by atoms with Crippen molar-refractivity contribution in [2.75, 3.05) is 0 Å². The Bertz CT molecular complexity index is 1810. The van der Waals surface area contributed by atoms with Crippen LogP contribution < -0.4 is 0 Å². The zero-order valence-corrected chi connectivity index (χ0v) is 17.8. The van der Waals surface area contributed by atoms with Crippen LogP contribution >= 0.6 is 0 Å². The van der Waals surface area contributed by atoms with Gasteiger partial charge in [-0.1, -0.05) is 66.7 Å². The molecule has 3 heterocycles. The van der Waals surface area contributed by atoms with E-state index in [0.717, 1.165) is 33.5 Å². The van der Waals surface area contributed by atoms with Crippen LogP contribution in [0.1, 0.15) is 0 Å². The minimum atomic E-state index is 0.953. The topological polar surface area (TPSA) is 30.7 Å². The van der Waals surface area contributed by atoms with Crippen LogP contribution in [0.25, 0.3) is 60.4 Å². The van der Waals surface area contributed by atoms with E-state index in [4.69, 9.17) is 4.98 Å². The van der Waals surface area contributed by atoms with Gasteiger partial charge in [-0.15, -0.1) is 0 Å². The highest BCUT2D eigenvalue weighted by molar-refractivity contribution is 6.22. The number of nitrogens with zero attached hydrogens (tertiary/aromatic N) is 3. The summed E-state index contributed by atoms with van der Waals surface area (Å²) < 4.78 is 2.31. The summed E-state index contributed by atoms with van der Waals surface area (Å²) in [6, 6.07) is 36.2. The fraction of sp³-hybridized carbons (Fsp3) is 0. The van der Waals surface area contributed by atoms with E-state index in [9.17, 15) is 0 Å². The second kappa shape index (κ2) is 7.01. The number of rotatable bonds is 2. The van der Waals surface area contributed by atoms with E-state index in [1.54, 1.807) is 0 Å². The van der Waals surface area contributed by atoms with Gasteiger partial charge in [0.25, 0.3) is 0 Å². The van der Waals surface area contributed by atoms with Crippen molar-refractivity contribution in [2.45, 2.75) is 0 Å². The van der Waals surface area contributed by atoms with Crippen molar-refractivity contribution in [1.82, 2.24) is 14.5 Å². The number of benzene rings is 4. The van der Waals surface area contributed by atoms with E-state index >= 15 is 0 Å². The molecule has 0 radical (unpaired) electrons. The molecule has 3 aromatic heterocycles. The summed E-state index contributed by atoms with van der Waals surface area (Å²) in [5, 5.41) is 7.26. The first-order valence-corrected chi connectivity index (χ1v) is 11.1. The maximum atomic E-state index is 4.86. The van der Waals surface area contributed by atoms with Gasteiger partial charge in [-0.3, -0.25) is 9.55 Å². The minimum absolute atomic E-state index is 0.953. The summed E-state index contributed by atoms with van der Waals surface area (Å²) >= 11 is 0. The molecule has 0 spiro atoms. The lowest BCUT2D eigenvalue weighted by molar-refractivity contribution is 1.10. The number of hydrogen-bond acceptors (Lipinski definition) is 2. The minimum Gasteiger partial charge on any atom is -0.293 e. The molecule has 33 heavy (non-hydrogen) atoms. The van der Waals surface area contributed by atoms with Crippen molar-refractivity contribution in [3.05, 3.63) is 116 Å². The molecule has 3 nitrogen and oxygen atoms in total. The Balaban J connectivity index is 1.67. The largest absolute Gasteiger partial charge is 0.293 e. The van der Waals surface area contributed by atoms with Gasteiger partial charge in [-0.2, -0.15) is 0 Å².